The maximum absolute atomic E-state index is 13.0. The standard InChI is InChI=1S/C21H19O6P/c1-2-17-13-15-18(16-14-17)21(22)24-27-28(23,25-19-9-5-3-6-10-19)26-20-11-7-4-8-12-20/h3-16H,2H2,1H3. The predicted octanol–water partition coefficient (Wildman–Crippen LogP) is 5.60. The number of para-hydroxylation sites is 2. The van der Waals surface area contributed by atoms with Crippen LogP contribution in [0.2, 0.25) is 0 Å². The first-order valence-corrected chi connectivity index (χ1v) is 10.1. The van der Waals surface area contributed by atoms with Gasteiger partial charge in [0.15, 0.2) is 0 Å². The average molecular weight is 398 g/mol. The Balaban J connectivity index is 1.74. The van der Waals surface area contributed by atoms with Gasteiger partial charge in [0, 0.05) is 0 Å². The summed E-state index contributed by atoms with van der Waals surface area (Å²) in [6, 6.07) is 23.5. The molecular formula is C21H19O6P. The first-order valence-electron chi connectivity index (χ1n) is 8.67. The molecule has 0 heterocycles. The van der Waals surface area contributed by atoms with Gasteiger partial charge in [-0.1, -0.05) is 55.5 Å². The van der Waals surface area contributed by atoms with E-state index < -0.39 is 13.8 Å². The smallest absolute Gasteiger partial charge is 0.393 e. The fourth-order valence-corrected chi connectivity index (χ4v) is 3.29. The lowest BCUT2D eigenvalue weighted by molar-refractivity contribution is -0.163. The zero-order valence-electron chi connectivity index (χ0n) is 15.2. The normalized spacial score (nSPS) is 10.9. The van der Waals surface area contributed by atoms with Gasteiger partial charge in [-0.3, -0.25) is 4.89 Å². The largest absolute Gasteiger partial charge is 0.625 e. The minimum absolute atomic E-state index is 0.241. The van der Waals surface area contributed by atoms with Crippen LogP contribution in [0.25, 0.3) is 0 Å². The number of hydrogen-bond donors (Lipinski definition) is 0. The molecule has 144 valence electrons. The highest BCUT2D eigenvalue weighted by atomic mass is 31.2. The molecule has 3 aromatic carbocycles. The van der Waals surface area contributed by atoms with Gasteiger partial charge in [0.2, 0.25) is 0 Å². The van der Waals surface area contributed by atoms with Crippen molar-refractivity contribution in [3.05, 3.63) is 96.1 Å². The van der Waals surface area contributed by atoms with Gasteiger partial charge in [0.05, 0.1) is 5.56 Å². The van der Waals surface area contributed by atoms with Gasteiger partial charge in [-0.05, 0) is 53.1 Å². The van der Waals surface area contributed by atoms with Crippen LogP contribution in [0.4, 0.5) is 0 Å². The van der Waals surface area contributed by atoms with Gasteiger partial charge in [0.1, 0.15) is 11.5 Å². The molecule has 0 N–H and O–H groups in total. The Bertz CT molecular complexity index is 896. The molecule has 0 fully saturated rings. The Kier molecular flexibility index (Phi) is 6.48. The molecule has 7 heteroatoms. The molecule has 0 radical (unpaired) electrons. The van der Waals surface area contributed by atoms with Crippen LogP contribution in [0, 0.1) is 0 Å². The molecule has 28 heavy (non-hydrogen) atoms. The molecule has 0 spiro atoms. The summed E-state index contributed by atoms with van der Waals surface area (Å²) in [5, 5.41) is 0. The molecule has 0 amide bonds. The molecule has 0 saturated carbocycles. The SMILES string of the molecule is CCc1ccc(C(=O)OOP(=O)(Oc2ccccc2)Oc2ccccc2)cc1. The van der Waals surface area contributed by atoms with Gasteiger partial charge in [-0.2, -0.15) is 0 Å². The van der Waals surface area contributed by atoms with E-state index >= 15 is 0 Å². The Morgan fingerprint density at radius 3 is 1.75 bits per heavy atom. The average Bonchev–Trinajstić information content (AvgIpc) is 2.73. The van der Waals surface area contributed by atoms with E-state index in [1.54, 1.807) is 84.9 Å². The fourth-order valence-electron chi connectivity index (χ4n) is 2.27. The molecule has 0 saturated heterocycles. The minimum Gasteiger partial charge on any atom is -0.393 e. The number of carbonyl (C=O) groups excluding carboxylic acids is 1. The second kappa shape index (κ2) is 9.22. The molecule has 0 aliphatic rings. The number of rotatable bonds is 8. The summed E-state index contributed by atoms with van der Waals surface area (Å²) in [6.45, 7) is 2.01. The Labute approximate surface area is 163 Å². The summed E-state index contributed by atoms with van der Waals surface area (Å²) in [6.07, 6.45) is 0.844. The third-order valence-electron chi connectivity index (χ3n) is 3.72. The number of benzene rings is 3. The topological polar surface area (TPSA) is 71.1 Å². The van der Waals surface area contributed by atoms with Crippen molar-refractivity contribution >= 4 is 13.8 Å². The molecule has 0 bridgehead atoms. The van der Waals surface area contributed by atoms with E-state index in [2.05, 4.69) is 0 Å². The maximum Gasteiger partial charge on any atom is 0.625 e. The zero-order valence-corrected chi connectivity index (χ0v) is 16.1. The van der Waals surface area contributed by atoms with Crippen LogP contribution in [0.1, 0.15) is 22.8 Å². The summed E-state index contributed by atoms with van der Waals surface area (Å²) in [4.78, 5) is 17.0. The van der Waals surface area contributed by atoms with Crippen molar-refractivity contribution in [1.82, 2.24) is 0 Å². The summed E-state index contributed by atoms with van der Waals surface area (Å²) >= 11 is 0. The van der Waals surface area contributed by atoms with E-state index in [-0.39, 0.29) is 17.1 Å². The number of carbonyl (C=O) groups is 1. The van der Waals surface area contributed by atoms with Crippen molar-refractivity contribution in [3.8, 4) is 11.5 Å². The molecule has 0 atom stereocenters. The quantitative estimate of drug-likeness (QED) is 0.279. The van der Waals surface area contributed by atoms with Crippen molar-refractivity contribution in [3.63, 3.8) is 0 Å². The predicted molar refractivity (Wildman–Crippen MR) is 104 cm³/mol. The number of phosphoric acid groups is 1. The highest BCUT2D eigenvalue weighted by Gasteiger charge is 2.35. The molecule has 3 aromatic rings. The third-order valence-corrected chi connectivity index (χ3v) is 4.85. The summed E-state index contributed by atoms with van der Waals surface area (Å²) in [5.74, 6) is -0.327. The van der Waals surface area contributed by atoms with Gasteiger partial charge in [-0.25, -0.2) is 9.36 Å². The lowest BCUT2D eigenvalue weighted by Gasteiger charge is -2.17. The fraction of sp³-hybridized carbons (Fsp3) is 0.0952. The molecule has 6 nitrogen and oxygen atoms in total. The molecule has 0 aliphatic heterocycles. The third kappa shape index (κ3) is 5.46. The molecule has 0 aliphatic carbocycles. The van der Waals surface area contributed by atoms with Gasteiger partial charge >= 0.3 is 13.8 Å². The zero-order chi connectivity index (χ0) is 19.8. The van der Waals surface area contributed by atoms with Crippen LogP contribution in [0.5, 0.6) is 11.5 Å². The highest BCUT2D eigenvalue weighted by Crippen LogP contribution is 2.49. The van der Waals surface area contributed by atoms with Crippen LogP contribution >= 0.6 is 7.82 Å². The van der Waals surface area contributed by atoms with Crippen LogP contribution in [0.3, 0.4) is 0 Å². The van der Waals surface area contributed by atoms with Gasteiger partial charge in [0.25, 0.3) is 0 Å². The van der Waals surface area contributed by atoms with Crippen LogP contribution in [-0.4, -0.2) is 5.97 Å². The van der Waals surface area contributed by atoms with Crippen LogP contribution in [0.15, 0.2) is 84.9 Å². The molecule has 3 rings (SSSR count). The lowest BCUT2D eigenvalue weighted by Crippen LogP contribution is -2.10. The van der Waals surface area contributed by atoms with E-state index in [4.69, 9.17) is 18.6 Å². The van der Waals surface area contributed by atoms with Crippen LogP contribution in [-0.2, 0) is 20.5 Å². The number of phosphoric ester groups is 1. The van der Waals surface area contributed by atoms with Crippen molar-refractivity contribution in [2.24, 2.45) is 0 Å². The van der Waals surface area contributed by atoms with E-state index in [0.717, 1.165) is 12.0 Å². The molecular weight excluding hydrogens is 379 g/mol. The first-order chi connectivity index (χ1) is 13.6. The van der Waals surface area contributed by atoms with Crippen molar-refractivity contribution < 1.29 is 28.0 Å². The Morgan fingerprint density at radius 2 is 1.29 bits per heavy atom. The second-order valence-electron chi connectivity index (χ2n) is 5.75. The highest BCUT2D eigenvalue weighted by molar-refractivity contribution is 7.49. The van der Waals surface area contributed by atoms with E-state index in [9.17, 15) is 9.36 Å². The van der Waals surface area contributed by atoms with Crippen LogP contribution < -0.4 is 9.05 Å². The van der Waals surface area contributed by atoms with Crippen molar-refractivity contribution in [2.75, 3.05) is 0 Å². The monoisotopic (exact) mass is 398 g/mol. The van der Waals surface area contributed by atoms with E-state index in [1.165, 1.54) is 0 Å². The Hall–Kier alpha value is -3.08. The summed E-state index contributed by atoms with van der Waals surface area (Å²) in [5.41, 5.74) is 1.33. The summed E-state index contributed by atoms with van der Waals surface area (Å²) in [7, 11) is -4.30. The summed E-state index contributed by atoms with van der Waals surface area (Å²) < 4.78 is 28.6. The second-order valence-corrected chi connectivity index (χ2v) is 7.16. The molecule has 0 unspecified atom stereocenters. The van der Waals surface area contributed by atoms with Crippen molar-refractivity contribution in [2.45, 2.75) is 13.3 Å². The van der Waals surface area contributed by atoms with Gasteiger partial charge < -0.3 is 9.05 Å². The lowest BCUT2D eigenvalue weighted by atomic mass is 10.1. The van der Waals surface area contributed by atoms with Crippen molar-refractivity contribution in [1.29, 1.82) is 0 Å². The number of hydrogen-bond acceptors (Lipinski definition) is 6. The van der Waals surface area contributed by atoms with E-state index in [1.807, 2.05) is 6.92 Å². The molecule has 0 aromatic heterocycles. The minimum atomic E-state index is -4.30. The Morgan fingerprint density at radius 1 is 0.786 bits per heavy atom. The maximum atomic E-state index is 13.0. The first kappa shape index (κ1) is 19.7. The van der Waals surface area contributed by atoms with E-state index in [0.29, 0.717) is 0 Å². The number of aryl methyl sites for hydroxylation is 1. The van der Waals surface area contributed by atoms with Gasteiger partial charge in [-0.15, -0.1) is 0 Å².